The van der Waals surface area contributed by atoms with E-state index < -0.39 is 6.10 Å². The lowest BCUT2D eigenvalue weighted by atomic mass is 10.0. The Hall–Kier alpha value is -2.37. The minimum absolute atomic E-state index is 0.0797. The van der Waals surface area contributed by atoms with Gasteiger partial charge in [0.05, 0.1) is 0 Å². The van der Waals surface area contributed by atoms with E-state index in [0.717, 1.165) is 77.0 Å². The molecule has 0 N–H and O–H groups in total. The highest BCUT2D eigenvalue weighted by Gasteiger charge is 2.19. The van der Waals surface area contributed by atoms with E-state index in [1.807, 2.05) is 0 Å². The van der Waals surface area contributed by atoms with Crippen molar-refractivity contribution in [3.63, 3.8) is 0 Å². The number of hydrogen-bond acceptors (Lipinski definition) is 6. The summed E-state index contributed by atoms with van der Waals surface area (Å²) in [5.41, 5.74) is 0. The first-order valence-corrected chi connectivity index (χ1v) is 26.5. The second-order valence-electron chi connectivity index (χ2n) is 17.8. The lowest BCUT2D eigenvalue weighted by molar-refractivity contribution is -0.167. The molecule has 1 atom stereocenters. The van der Waals surface area contributed by atoms with Gasteiger partial charge in [0, 0.05) is 19.3 Å². The van der Waals surface area contributed by atoms with Crippen LogP contribution in [0.5, 0.6) is 0 Å². The fraction of sp³-hybridized carbons (Fsp3) is 0.836. The molecule has 0 heterocycles. The molecule has 61 heavy (non-hydrogen) atoms. The van der Waals surface area contributed by atoms with Crippen LogP contribution < -0.4 is 0 Å². The summed E-state index contributed by atoms with van der Waals surface area (Å²) in [6.07, 6.45) is 58.5. The van der Waals surface area contributed by atoms with E-state index in [1.54, 1.807) is 0 Å². The number of rotatable bonds is 48. The fourth-order valence-corrected chi connectivity index (χ4v) is 7.69. The molecule has 0 aromatic heterocycles. The van der Waals surface area contributed by atoms with Gasteiger partial charge in [-0.3, -0.25) is 14.4 Å². The third-order valence-corrected chi connectivity index (χ3v) is 11.7. The van der Waals surface area contributed by atoms with Gasteiger partial charge in [0.1, 0.15) is 13.2 Å². The largest absolute Gasteiger partial charge is 0.462 e. The molecular formula is C55H100O6. The van der Waals surface area contributed by atoms with Gasteiger partial charge in [0.15, 0.2) is 6.10 Å². The van der Waals surface area contributed by atoms with Crippen molar-refractivity contribution >= 4 is 17.9 Å². The van der Waals surface area contributed by atoms with Crippen LogP contribution in [0.15, 0.2) is 36.5 Å². The standard InChI is InChI=1S/C55H100O6/c1-4-7-10-13-16-19-22-25-27-29-30-33-36-39-42-45-48-54(57)60-51-52(50-59-53(56)47-44-41-38-35-32-24-21-18-15-12-9-6-3)61-55(58)49-46-43-40-37-34-31-28-26-23-20-17-14-11-8-5-2/h9,12,18,21,32,35,52H,4-8,10-11,13-17,19-20,22-31,33-34,36-51H2,1-3H3/b12-9-,21-18-,35-32-. The Morgan fingerprint density at radius 1 is 0.344 bits per heavy atom. The summed E-state index contributed by atoms with van der Waals surface area (Å²) >= 11 is 0. The summed E-state index contributed by atoms with van der Waals surface area (Å²) in [5, 5.41) is 0. The number of allylic oxidation sites excluding steroid dienone is 6. The van der Waals surface area contributed by atoms with E-state index in [1.165, 1.54) is 161 Å². The van der Waals surface area contributed by atoms with Gasteiger partial charge in [0.2, 0.25) is 0 Å². The molecule has 0 fully saturated rings. The number of unbranched alkanes of at least 4 members (excludes halogenated alkanes) is 31. The maximum Gasteiger partial charge on any atom is 0.306 e. The van der Waals surface area contributed by atoms with Crippen molar-refractivity contribution < 1.29 is 28.6 Å². The third-order valence-electron chi connectivity index (χ3n) is 11.7. The molecule has 0 bridgehead atoms. The molecule has 0 amide bonds. The van der Waals surface area contributed by atoms with Gasteiger partial charge < -0.3 is 14.2 Å². The molecular weight excluding hydrogens is 757 g/mol. The fourth-order valence-electron chi connectivity index (χ4n) is 7.69. The summed E-state index contributed by atoms with van der Waals surface area (Å²) < 4.78 is 16.8. The lowest BCUT2D eigenvalue weighted by Gasteiger charge is -2.18. The summed E-state index contributed by atoms with van der Waals surface area (Å²) in [6, 6.07) is 0. The molecule has 0 aliphatic carbocycles. The van der Waals surface area contributed by atoms with Crippen LogP contribution in [0, 0.1) is 0 Å². The molecule has 6 heteroatoms. The number of carbonyl (C=O) groups is 3. The summed E-state index contributed by atoms with van der Waals surface area (Å²) in [6.45, 7) is 6.52. The molecule has 0 aromatic rings. The Balaban J connectivity index is 4.36. The van der Waals surface area contributed by atoms with Crippen molar-refractivity contribution in [1.29, 1.82) is 0 Å². The average Bonchev–Trinajstić information content (AvgIpc) is 3.26. The Morgan fingerprint density at radius 2 is 0.639 bits per heavy atom. The van der Waals surface area contributed by atoms with Crippen molar-refractivity contribution in [1.82, 2.24) is 0 Å². The second-order valence-corrected chi connectivity index (χ2v) is 17.8. The van der Waals surface area contributed by atoms with Crippen molar-refractivity contribution in [2.24, 2.45) is 0 Å². The number of ether oxygens (including phenoxy) is 3. The van der Waals surface area contributed by atoms with E-state index in [9.17, 15) is 14.4 Å². The molecule has 0 aromatic carbocycles. The molecule has 0 aliphatic rings. The zero-order valence-electron chi connectivity index (χ0n) is 40.7. The van der Waals surface area contributed by atoms with E-state index in [0.29, 0.717) is 19.3 Å². The predicted octanol–water partition coefficient (Wildman–Crippen LogP) is 17.3. The maximum atomic E-state index is 12.8. The van der Waals surface area contributed by atoms with Crippen molar-refractivity contribution in [2.45, 2.75) is 284 Å². The number of hydrogen-bond donors (Lipinski definition) is 0. The summed E-state index contributed by atoms with van der Waals surface area (Å²) in [7, 11) is 0. The van der Waals surface area contributed by atoms with Gasteiger partial charge in [0.25, 0.3) is 0 Å². The maximum absolute atomic E-state index is 12.8. The Bertz CT molecular complexity index is 1030. The first-order valence-electron chi connectivity index (χ1n) is 26.5. The topological polar surface area (TPSA) is 78.9 Å². The molecule has 1 unspecified atom stereocenters. The van der Waals surface area contributed by atoms with Crippen LogP contribution in [0.3, 0.4) is 0 Å². The molecule has 0 aliphatic heterocycles. The van der Waals surface area contributed by atoms with Crippen molar-refractivity contribution in [2.75, 3.05) is 13.2 Å². The smallest absolute Gasteiger partial charge is 0.306 e. The van der Waals surface area contributed by atoms with Crippen LogP contribution in [-0.2, 0) is 28.6 Å². The summed E-state index contributed by atoms with van der Waals surface area (Å²) in [4.78, 5) is 38.0. The molecule has 6 nitrogen and oxygen atoms in total. The minimum atomic E-state index is -0.781. The highest BCUT2D eigenvalue weighted by atomic mass is 16.6. The average molecular weight is 857 g/mol. The first kappa shape index (κ1) is 58.6. The number of carbonyl (C=O) groups excluding carboxylic acids is 3. The minimum Gasteiger partial charge on any atom is -0.462 e. The normalized spacial score (nSPS) is 12.2. The third kappa shape index (κ3) is 48.5. The second kappa shape index (κ2) is 50.3. The predicted molar refractivity (Wildman–Crippen MR) is 261 cm³/mol. The molecule has 0 spiro atoms. The quantitative estimate of drug-likeness (QED) is 0.0262. The van der Waals surface area contributed by atoms with Crippen LogP contribution in [0.1, 0.15) is 278 Å². The molecule has 0 saturated heterocycles. The molecule has 0 saturated carbocycles. The van der Waals surface area contributed by atoms with Crippen molar-refractivity contribution in [3.05, 3.63) is 36.5 Å². The van der Waals surface area contributed by atoms with Gasteiger partial charge in [-0.1, -0.05) is 243 Å². The van der Waals surface area contributed by atoms with Crippen LogP contribution in [0.4, 0.5) is 0 Å². The first-order chi connectivity index (χ1) is 30.0. The molecule has 0 rings (SSSR count). The molecule has 0 radical (unpaired) electrons. The molecule has 356 valence electrons. The zero-order chi connectivity index (χ0) is 44.4. The van der Waals surface area contributed by atoms with Crippen LogP contribution in [0.2, 0.25) is 0 Å². The van der Waals surface area contributed by atoms with E-state index in [2.05, 4.69) is 57.2 Å². The van der Waals surface area contributed by atoms with Gasteiger partial charge in [-0.05, 0) is 51.4 Å². The summed E-state index contributed by atoms with van der Waals surface area (Å²) in [5.74, 6) is -0.907. The highest BCUT2D eigenvalue weighted by molar-refractivity contribution is 5.71. The monoisotopic (exact) mass is 857 g/mol. The lowest BCUT2D eigenvalue weighted by Crippen LogP contribution is -2.30. The van der Waals surface area contributed by atoms with Gasteiger partial charge in [-0.25, -0.2) is 0 Å². The van der Waals surface area contributed by atoms with E-state index in [4.69, 9.17) is 14.2 Å². The number of esters is 3. The van der Waals surface area contributed by atoms with Crippen LogP contribution >= 0.6 is 0 Å². The van der Waals surface area contributed by atoms with Gasteiger partial charge >= 0.3 is 17.9 Å². The van der Waals surface area contributed by atoms with Gasteiger partial charge in [-0.2, -0.15) is 0 Å². The van der Waals surface area contributed by atoms with Crippen LogP contribution in [-0.4, -0.2) is 37.2 Å². The highest BCUT2D eigenvalue weighted by Crippen LogP contribution is 2.16. The Morgan fingerprint density at radius 3 is 1.00 bits per heavy atom. The Labute approximate surface area is 378 Å². The van der Waals surface area contributed by atoms with Crippen LogP contribution in [0.25, 0.3) is 0 Å². The SMILES string of the molecule is CC/C=C\C/C=C\C/C=C\CCCCC(=O)OCC(COC(=O)CCCCCCCCCCCCCCCCCC)OC(=O)CCCCCCCCCCCCCCCCC. The zero-order valence-corrected chi connectivity index (χ0v) is 40.7. The van der Waals surface area contributed by atoms with Gasteiger partial charge in [-0.15, -0.1) is 0 Å². The van der Waals surface area contributed by atoms with E-state index in [-0.39, 0.29) is 31.1 Å². The Kier molecular flexibility index (Phi) is 48.3. The van der Waals surface area contributed by atoms with E-state index >= 15 is 0 Å². The van der Waals surface area contributed by atoms with Crippen molar-refractivity contribution in [3.8, 4) is 0 Å².